The van der Waals surface area contributed by atoms with Crippen LogP contribution >= 0.6 is 0 Å². The van der Waals surface area contributed by atoms with E-state index in [1.165, 1.54) is 17.4 Å². The fraction of sp³-hybridized carbons (Fsp3) is 0.381. The van der Waals surface area contributed by atoms with Crippen LogP contribution in [0.3, 0.4) is 0 Å². The Bertz CT molecular complexity index is 814. The normalized spacial score (nSPS) is 18.6. The van der Waals surface area contributed by atoms with Gasteiger partial charge in [-0.3, -0.25) is 9.78 Å². The second-order valence-corrected chi connectivity index (χ2v) is 7.42. The number of anilines is 1. The molecule has 0 fully saturated rings. The summed E-state index contributed by atoms with van der Waals surface area (Å²) < 4.78 is 0. The van der Waals surface area contributed by atoms with E-state index >= 15 is 0 Å². The van der Waals surface area contributed by atoms with Crippen molar-refractivity contribution in [2.75, 3.05) is 11.4 Å². The molecule has 0 bridgehead atoms. The average Bonchev–Trinajstić information content (AvgIpc) is 2.62. The molecule has 1 atom stereocenters. The maximum Gasteiger partial charge on any atom is 0.272 e. The summed E-state index contributed by atoms with van der Waals surface area (Å²) in [5.41, 5.74) is 6.83. The van der Waals surface area contributed by atoms with Crippen molar-refractivity contribution in [3.8, 4) is 0 Å². The number of nitrogens with zero attached hydrogens (tertiary/aromatic N) is 3. The minimum absolute atomic E-state index is 0.161. The Kier molecular flexibility index (Phi) is 5.07. The molecule has 26 heavy (non-hydrogen) atoms. The van der Waals surface area contributed by atoms with Gasteiger partial charge in [0.25, 0.3) is 5.91 Å². The molecule has 0 aliphatic carbocycles. The number of rotatable bonds is 4. The molecular formula is C21H26N4O. The molecule has 1 aromatic carbocycles. The second-order valence-electron chi connectivity index (χ2n) is 7.42. The molecule has 0 saturated carbocycles. The van der Waals surface area contributed by atoms with Crippen molar-refractivity contribution in [3.05, 3.63) is 59.4 Å². The topological polar surface area (TPSA) is 57.6 Å². The molecular weight excluding hydrogens is 324 g/mol. The average molecular weight is 350 g/mol. The van der Waals surface area contributed by atoms with Crippen LogP contribution in [0.1, 0.15) is 61.5 Å². The van der Waals surface area contributed by atoms with E-state index in [9.17, 15) is 4.79 Å². The smallest absolute Gasteiger partial charge is 0.272 e. The molecule has 1 unspecified atom stereocenters. The maximum atomic E-state index is 12.0. The Morgan fingerprint density at radius 3 is 2.92 bits per heavy atom. The third kappa shape index (κ3) is 3.62. The minimum Gasteiger partial charge on any atom is -0.366 e. The molecule has 0 radical (unpaired) electrons. The van der Waals surface area contributed by atoms with Crippen molar-refractivity contribution in [2.24, 2.45) is 5.10 Å². The number of carbonyl (C=O) groups excluding carboxylic acids is 1. The first-order valence-corrected chi connectivity index (χ1v) is 9.07. The summed E-state index contributed by atoms with van der Waals surface area (Å²) in [5.74, 6) is 0.223. The third-order valence-electron chi connectivity index (χ3n) is 5.03. The lowest BCUT2D eigenvalue weighted by atomic mass is 9.79. The van der Waals surface area contributed by atoms with Crippen LogP contribution in [0, 0.1) is 0 Å². The second kappa shape index (κ2) is 7.28. The summed E-state index contributed by atoms with van der Waals surface area (Å²) >= 11 is 0. The molecule has 1 amide bonds. The van der Waals surface area contributed by atoms with Gasteiger partial charge in [-0.05, 0) is 68.5 Å². The Balaban J connectivity index is 1.77. The van der Waals surface area contributed by atoms with Gasteiger partial charge >= 0.3 is 0 Å². The number of amides is 1. The number of aromatic nitrogens is 1. The lowest BCUT2D eigenvalue weighted by Gasteiger charge is -2.47. The molecule has 3 rings (SSSR count). The monoisotopic (exact) mass is 350 g/mol. The van der Waals surface area contributed by atoms with Crippen LogP contribution in [-0.2, 0) is 0 Å². The number of carbonyl (C=O) groups is 1. The highest BCUT2D eigenvalue weighted by Gasteiger charge is 2.35. The molecule has 2 heterocycles. The van der Waals surface area contributed by atoms with Gasteiger partial charge < -0.3 is 4.90 Å². The highest BCUT2D eigenvalue weighted by atomic mass is 16.2. The minimum atomic E-state index is -0.264. The summed E-state index contributed by atoms with van der Waals surface area (Å²) in [7, 11) is 0. The molecule has 1 aliphatic heterocycles. The molecule has 1 N–H and O–H groups in total. The van der Waals surface area contributed by atoms with Gasteiger partial charge in [0.05, 0.1) is 11.8 Å². The predicted molar refractivity (Wildman–Crippen MR) is 106 cm³/mol. The fourth-order valence-corrected chi connectivity index (χ4v) is 3.91. The van der Waals surface area contributed by atoms with Gasteiger partial charge in [0.2, 0.25) is 0 Å². The first-order chi connectivity index (χ1) is 12.4. The first-order valence-electron chi connectivity index (χ1n) is 9.07. The van der Waals surface area contributed by atoms with E-state index in [0.29, 0.717) is 11.5 Å². The molecule has 0 spiro atoms. The van der Waals surface area contributed by atoms with Gasteiger partial charge in [0, 0.05) is 30.2 Å². The van der Waals surface area contributed by atoms with E-state index in [0.717, 1.165) is 18.5 Å². The van der Waals surface area contributed by atoms with Crippen LogP contribution in [-0.4, -0.2) is 29.2 Å². The summed E-state index contributed by atoms with van der Waals surface area (Å²) in [6.45, 7) is 10.1. The molecule has 136 valence electrons. The van der Waals surface area contributed by atoms with Gasteiger partial charge in [-0.15, -0.1) is 0 Å². The number of hydrogen-bond donors (Lipinski definition) is 1. The van der Waals surface area contributed by atoms with Gasteiger partial charge in [0.15, 0.2) is 0 Å². The lowest BCUT2D eigenvalue weighted by Crippen LogP contribution is -2.48. The molecule has 1 aromatic heterocycles. The van der Waals surface area contributed by atoms with Crippen molar-refractivity contribution in [1.82, 2.24) is 10.4 Å². The zero-order valence-electron chi connectivity index (χ0n) is 15.9. The highest BCUT2D eigenvalue weighted by molar-refractivity contribution is 5.94. The van der Waals surface area contributed by atoms with Gasteiger partial charge in [0.1, 0.15) is 0 Å². The lowest BCUT2D eigenvalue weighted by molar-refractivity contribution is 0.0955. The van der Waals surface area contributed by atoms with Crippen LogP contribution in [0.15, 0.2) is 47.8 Å². The van der Waals surface area contributed by atoms with E-state index in [1.807, 2.05) is 0 Å². The van der Waals surface area contributed by atoms with E-state index in [4.69, 9.17) is 0 Å². The third-order valence-corrected chi connectivity index (χ3v) is 5.03. The Labute approximate surface area is 155 Å². The van der Waals surface area contributed by atoms with Gasteiger partial charge in [-0.2, -0.15) is 5.10 Å². The molecule has 2 aromatic rings. The zero-order chi connectivity index (χ0) is 18.7. The standard InChI is InChI=1S/C21H26N4O/c1-5-25-19-9-8-16(11-18(19)15(2)12-21(25,3)4)13-23-24-20(26)17-7-6-10-22-14-17/h6-11,13-15H,5,12H2,1-4H3,(H,24,26)/b23-13-. The number of hydrogen-bond acceptors (Lipinski definition) is 4. The summed E-state index contributed by atoms with van der Waals surface area (Å²) in [6, 6.07) is 9.83. The summed E-state index contributed by atoms with van der Waals surface area (Å²) in [4.78, 5) is 18.4. The van der Waals surface area contributed by atoms with Crippen molar-refractivity contribution in [2.45, 2.75) is 45.6 Å². The summed E-state index contributed by atoms with van der Waals surface area (Å²) in [5, 5.41) is 4.09. The van der Waals surface area contributed by atoms with Crippen molar-refractivity contribution in [1.29, 1.82) is 0 Å². The number of fused-ring (bicyclic) bond motifs is 1. The van der Waals surface area contributed by atoms with Gasteiger partial charge in [-0.1, -0.05) is 13.0 Å². The zero-order valence-corrected chi connectivity index (χ0v) is 15.9. The van der Waals surface area contributed by atoms with Crippen LogP contribution in [0.4, 0.5) is 5.69 Å². The van der Waals surface area contributed by atoms with E-state index in [1.54, 1.807) is 24.5 Å². The first kappa shape index (κ1) is 18.1. The Morgan fingerprint density at radius 2 is 2.23 bits per heavy atom. The predicted octanol–water partition coefficient (Wildman–Crippen LogP) is 3.96. The van der Waals surface area contributed by atoms with Crippen molar-refractivity contribution in [3.63, 3.8) is 0 Å². The number of pyridine rings is 1. The molecule has 1 aliphatic rings. The quantitative estimate of drug-likeness (QED) is 0.671. The molecule has 5 nitrogen and oxygen atoms in total. The van der Waals surface area contributed by atoms with Crippen molar-refractivity contribution < 1.29 is 4.79 Å². The largest absolute Gasteiger partial charge is 0.366 e. The SMILES string of the molecule is CCN1c2ccc(/C=N\NC(=O)c3cccnc3)cc2C(C)CC1(C)C. The number of hydrazone groups is 1. The molecule has 5 heteroatoms. The maximum absolute atomic E-state index is 12.0. The van der Waals surface area contributed by atoms with Crippen LogP contribution in [0.25, 0.3) is 0 Å². The van der Waals surface area contributed by atoms with Gasteiger partial charge in [-0.25, -0.2) is 5.43 Å². The Hall–Kier alpha value is -2.69. The van der Waals surface area contributed by atoms with Crippen LogP contribution in [0.2, 0.25) is 0 Å². The number of benzene rings is 1. The Morgan fingerprint density at radius 1 is 1.42 bits per heavy atom. The fourth-order valence-electron chi connectivity index (χ4n) is 3.91. The van der Waals surface area contributed by atoms with Crippen LogP contribution in [0.5, 0.6) is 0 Å². The van der Waals surface area contributed by atoms with Crippen molar-refractivity contribution >= 4 is 17.8 Å². The summed E-state index contributed by atoms with van der Waals surface area (Å²) in [6.07, 6.45) is 5.96. The molecule has 0 saturated heterocycles. The van der Waals surface area contributed by atoms with E-state index in [-0.39, 0.29) is 11.4 Å². The number of nitrogens with one attached hydrogen (secondary N) is 1. The van der Waals surface area contributed by atoms with E-state index < -0.39 is 0 Å². The highest BCUT2D eigenvalue weighted by Crippen LogP contribution is 2.43. The van der Waals surface area contributed by atoms with E-state index in [2.05, 4.69) is 66.3 Å². The van der Waals surface area contributed by atoms with Crippen LogP contribution < -0.4 is 10.3 Å².